The van der Waals surface area contributed by atoms with Gasteiger partial charge in [-0.05, 0) is 57.1 Å². The third kappa shape index (κ3) is 3.86. The van der Waals surface area contributed by atoms with Crippen LogP contribution in [-0.4, -0.2) is 65.7 Å². The summed E-state index contributed by atoms with van der Waals surface area (Å²) in [7, 11) is 0. The van der Waals surface area contributed by atoms with Gasteiger partial charge in [-0.15, -0.1) is 0 Å². The predicted molar refractivity (Wildman–Crippen MR) is 101 cm³/mol. The molecule has 2 saturated heterocycles. The molecule has 1 aliphatic carbocycles. The number of nitrogens with one attached hydrogen (secondary N) is 1. The van der Waals surface area contributed by atoms with Crippen LogP contribution in [0.1, 0.15) is 43.9 Å². The summed E-state index contributed by atoms with van der Waals surface area (Å²) in [5.41, 5.74) is 3.33. The number of aryl methyl sites for hydroxylation is 2. The number of rotatable bonds is 2. The van der Waals surface area contributed by atoms with Crippen LogP contribution in [-0.2, 0) is 17.6 Å². The van der Waals surface area contributed by atoms with E-state index in [0.717, 1.165) is 64.2 Å². The summed E-state index contributed by atoms with van der Waals surface area (Å²) >= 11 is 0. The van der Waals surface area contributed by atoms with Crippen molar-refractivity contribution in [3.63, 3.8) is 0 Å². The molecule has 0 aromatic carbocycles. The topological polar surface area (TPSA) is 57.7 Å². The number of hydrogen-bond acceptors (Lipinski definition) is 4. The molecular formula is C20H30N4O2. The number of nitrogens with zero attached hydrogens (tertiary/aromatic N) is 3. The SMILES string of the molecule is C[C@@H]1CN(C2CCOCC2)CCN1C(=O)Nc1cnc2c(c1)CCCC2. The molecule has 1 aromatic rings. The molecule has 3 aliphatic rings. The lowest BCUT2D eigenvalue weighted by molar-refractivity contribution is 0.00816. The maximum Gasteiger partial charge on any atom is 0.322 e. The van der Waals surface area contributed by atoms with Crippen molar-refractivity contribution in [3.05, 3.63) is 23.5 Å². The van der Waals surface area contributed by atoms with Gasteiger partial charge in [0.2, 0.25) is 0 Å². The van der Waals surface area contributed by atoms with E-state index < -0.39 is 0 Å². The van der Waals surface area contributed by atoms with Crippen LogP contribution in [0, 0.1) is 0 Å². The van der Waals surface area contributed by atoms with E-state index in [2.05, 4.69) is 28.2 Å². The second-order valence-corrected chi connectivity index (χ2v) is 7.85. The zero-order chi connectivity index (χ0) is 17.9. The largest absolute Gasteiger partial charge is 0.381 e. The number of urea groups is 1. The number of hydrogen-bond donors (Lipinski definition) is 1. The van der Waals surface area contributed by atoms with E-state index in [-0.39, 0.29) is 12.1 Å². The van der Waals surface area contributed by atoms with E-state index in [1.165, 1.54) is 24.1 Å². The summed E-state index contributed by atoms with van der Waals surface area (Å²) in [4.78, 5) is 21.8. The number of fused-ring (bicyclic) bond motifs is 1. The Kier molecular flexibility index (Phi) is 5.41. The normalized spacial score (nSPS) is 25.0. The molecular weight excluding hydrogens is 328 g/mol. The summed E-state index contributed by atoms with van der Waals surface area (Å²) in [5.74, 6) is 0. The fourth-order valence-electron chi connectivity index (χ4n) is 4.52. The lowest BCUT2D eigenvalue weighted by Crippen LogP contribution is -2.58. The standard InChI is InChI=1S/C20H30N4O2/c1-15-14-23(18-6-10-26-11-7-18)8-9-24(15)20(25)22-17-12-16-4-2-3-5-19(16)21-13-17/h12-13,15,18H,2-11,14H2,1H3,(H,22,25)/t15-/m1/s1. The lowest BCUT2D eigenvalue weighted by Gasteiger charge is -2.44. The second-order valence-electron chi connectivity index (χ2n) is 7.85. The molecule has 2 aliphatic heterocycles. The van der Waals surface area contributed by atoms with Crippen molar-refractivity contribution in [2.75, 3.05) is 38.2 Å². The summed E-state index contributed by atoms with van der Waals surface area (Å²) in [6, 6.07) is 2.95. The molecule has 1 aromatic heterocycles. The first-order chi connectivity index (χ1) is 12.7. The number of pyridine rings is 1. The summed E-state index contributed by atoms with van der Waals surface area (Å²) in [6.45, 7) is 6.56. The van der Waals surface area contributed by atoms with E-state index in [1.807, 2.05) is 11.1 Å². The number of anilines is 1. The molecule has 4 rings (SSSR count). The Morgan fingerprint density at radius 1 is 1.23 bits per heavy atom. The highest BCUT2D eigenvalue weighted by atomic mass is 16.5. The maximum absolute atomic E-state index is 12.8. The average Bonchev–Trinajstić information content (AvgIpc) is 2.68. The minimum atomic E-state index is 0.00156. The fraction of sp³-hybridized carbons (Fsp3) is 0.700. The van der Waals surface area contributed by atoms with Gasteiger partial charge < -0.3 is 15.0 Å². The van der Waals surface area contributed by atoms with Gasteiger partial charge in [0.25, 0.3) is 0 Å². The van der Waals surface area contributed by atoms with Crippen LogP contribution >= 0.6 is 0 Å². The Bertz CT molecular complexity index is 645. The quantitative estimate of drug-likeness (QED) is 0.883. The van der Waals surface area contributed by atoms with Gasteiger partial charge in [-0.25, -0.2) is 4.79 Å². The number of ether oxygens (including phenoxy) is 1. The van der Waals surface area contributed by atoms with E-state index >= 15 is 0 Å². The average molecular weight is 358 g/mol. The first-order valence-electron chi connectivity index (χ1n) is 10.1. The first-order valence-corrected chi connectivity index (χ1v) is 10.1. The highest BCUT2D eigenvalue weighted by Crippen LogP contribution is 2.23. The van der Waals surface area contributed by atoms with Crippen molar-refractivity contribution in [1.29, 1.82) is 0 Å². The number of carbonyl (C=O) groups is 1. The third-order valence-electron chi connectivity index (χ3n) is 6.05. The Balaban J connectivity index is 1.35. The molecule has 26 heavy (non-hydrogen) atoms. The predicted octanol–water partition coefficient (Wildman–Crippen LogP) is 2.68. The minimum absolute atomic E-state index is 0.00156. The lowest BCUT2D eigenvalue weighted by atomic mass is 9.96. The number of aromatic nitrogens is 1. The molecule has 6 nitrogen and oxygen atoms in total. The van der Waals surface area contributed by atoms with Gasteiger partial charge in [0.05, 0.1) is 11.9 Å². The van der Waals surface area contributed by atoms with Crippen molar-refractivity contribution >= 4 is 11.7 Å². The van der Waals surface area contributed by atoms with Crippen molar-refractivity contribution in [3.8, 4) is 0 Å². The van der Waals surface area contributed by atoms with Crippen LogP contribution in [0.3, 0.4) is 0 Å². The van der Waals surface area contributed by atoms with Gasteiger partial charge in [-0.1, -0.05) is 0 Å². The molecule has 2 amide bonds. The van der Waals surface area contributed by atoms with Gasteiger partial charge in [-0.2, -0.15) is 0 Å². The molecule has 142 valence electrons. The summed E-state index contributed by atoms with van der Waals surface area (Å²) in [5, 5.41) is 3.07. The first kappa shape index (κ1) is 17.7. The van der Waals surface area contributed by atoms with Gasteiger partial charge in [0, 0.05) is 50.6 Å². The molecule has 6 heteroatoms. The van der Waals surface area contributed by atoms with E-state index in [4.69, 9.17) is 4.74 Å². The van der Waals surface area contributed by atoms with Gasteiger partial charge in [-0.3, -0.25) is 9.88 Å². The molecule has 1 N–H and O–H groups in total. The van der Waals surface area contributed by atoms with Crippen molar-refractivity contribution in [2.45, 2.75) is 57.5 Å². The molecule has 3 heterocycles. The highest BCUT2D eigenvalue weighted by Gasteiger charge is 2.31. The smallest absolute Gasteiger partial charge is 0.322 e. The molecule has 0 bridgehead atoms. The molecule has 0 spiro atoms. The second kappa shape index (κ2) is 7.92. The van der Waals surface area contributed by atoms with Crippen LogP contribution in [0.5, 0.6) is 0 Å². The molecule has 0 unspecified atom stereocenters. The third-order valence-corrected chi connectivity index (χ3v) is 6.05. The molecule has 0 saturated carbocycles. The van der Waals surface area contributed by atoms with Crippen LogP contribution < -0.4 is 5.32 Å². The highest BCUT2D eigenvalue weighted by molar-refractivity contribution is 5.89. The van der Waals surface area contributed by atoms with E-state index in [1.54, 1.807) is 0 Å². The summed E-state index contributed by atoms with van der Waals surface area (Å²) in [6.07, 6.45) is 8.61. The molecule has 1 atom stereocenters. The number of amides is 2. The molecule has 0 radical (unpaired) electrons. The van der Waals surface area contributed by atoms with Crippen LogP contribution in [0.2, 0.25) is 0 Å². The van der Waals surface area contributed by atoms with Crippen LogP contribution in [0.25, 0.3) is 0 Å². The zero-order valence-electron chi connectivity index (χ0n) is 15.7. The van der Waals surface area contributed by atoms with Crippen molar-refractivity contribution in [2.24, 2.45) is 0 Å². The monoisotopic (exact) mass is 358 g/mol. The van der Waals surface area contributed by atoms with E-state index in [9.17, 15) is 4.79 Å². The van der Waals surface area contributed by atoms with Crippen LogP contribution in [0.15, 0.2) is 12.3 Å². The van der Waals surface area contributed by atoms with Crippen molar-refractivity contribution < 1.29 is 9.53 Å². The Hall–Kier alpha value is -1.66. The Morgan fingerprint density at radius 2 is 2.04 bits per heavy atom. The fourth-order valence-corrected chi connectivity index (χ4v) is 4.52. The van der Waals surface area contributed by atoms with Crippen LogP contribution in [0.4, 0.5) is 10.5 Å². The van der Waals surface area contributed by atoms with Gasteiger partial charge >= 0.3 is 6.03 Å². The maximum atomic E-state index is 12.8. The number of carbonyl (C=O) groups excluding carboxylic acids is 1. The number of piperazine rings is 1. The Labute approximate surface area is 155 Å². The summed E-state index contributed by atoms with van der Waals surface area (Å²) < 4.78 is 5.48. The van der Waals surface area contributed by atoms with E-state index in [0.29, 0.717) is 6.04 Å². The Morgan fingerprint density at radius 3 is 2.85 bits per heavy atom. The van der Waals surface area contributed by atoms with Gasteiger partial charge in [0.15, 0.2) is 0 Å². The van der Waals surface area contributed by atoms with Crippen molar-refractivity contribution in [1.82, 2.24) is 14.8 Å². The zero-order valence-corrected chi connectivity index (χ0v) is 15.7. The minimum Gasteiger partial charge on any atom is -0.381 e. The molecule has 2 fully saturated rings. The van der Waals surface area contributed by atoms with Gasteiger partial charge in [0.1, 0.15) is 0 Å².